The molecule has 0 bridgehead atoms. The predicted octanol–water partition coefficient (Wildman–Crippen LogP) is 3.86. The fourth-order valence-corrected chi connectivity index (χ4v) is 3.75. The number of aromatic nitrogens is 1. The van der Waals surface area contributed by atoms with Crippen molar-refractivity contribution >= 4 is 55.0 Å². The minimum absolute atomic E-state index is 0.0474. The normalized spacial score (nSPS) is 10.8. The van der Waals surface area contributed by atoms with Crippen molar-refractivity contribution in [3.8, 4) is 5.75 Å². The van der Waals surface area contributed by atoms with Gasteiger partial charge in [-0.1, -0.05) is 35.6 Å². The van der Waals surface area contributed by atoms with Crippen LogP contribution < -0.4 is 5.32 Å². The van der Waals surface area contributed by atoms with Crippen LogP contribution in [-0.2, 0) is 9.53 Å². The number of carbonyl (C=O) groups excluding carboxylic acids is 2. The molecule has 10 heteroatoms. The monoisotopic (exact) mass is 423 g/mol. The van der Waals surface area contributed by atoms with Crippen LogP contribution in [0.2, 0.25) is 0 Å². The first-order valence-electron chi connectivity index (χ1n) is 8.64. The van der Waals surface area contributed by atoms with Crippen LogP contribution in [-0.4, -0.2) is 33.5 Å². The van der Waals surface area contributed by atoms with Crippen LogP contribution in [0.1, 0.15) is 10.4 Å². The maximum atomic E-state index is 12.3. The van der Waals surface area contributed by atoms with Crippen molar-refractivity contribution in [2.45, 2.75) is 0 Å². The standard InChI is InChI=1S/C20H13N3O6S/c24-16-8-12-4-2-1-3-11(12)7-14(16)19(26)29-10-18(25)22-20-21-15-6-5-13(23(27)28)9-17(15)30-20/h1-9,24H,10H2,(H,21,22,25). The Kier molecular flexibility index (Phi) is 4.98. The van der Waals surface area contributed by atoms with E-state index in [0.717, 1.165) is 22.1 Å². The highest BCUT2D eigenvalue weighted by Crippen LogP contribution is 2.29. The molecule has 4 aromatic rings. The lowest BCUT2D eigenvalue weighted by atomic mass is 10.1. The summed E-state index contributed by atoms with van der Waals surface area (Å²) in [6.07, 6.45) is 0. The third-order valence-electron chi connectivity index (χ3n) is 4.25. The van der Waals surface area contributed by atoms with Crippen molar-refractivity contribution in [2.75, 3.05) is 11.9 Å². The van der Waals surface area contributed by atoms with Gasteiger partial charge in [-0.05, 0) is 29.0 Å². The Balaban J connectivity index is 1.42. The summed E-state index contributed by atoms with van der Waals surface area (Å²) in [6, 6.07) is 14.3. The van der Waals surface area contributed by atoms with Crippen molar-refractivity contribution in [3.05, 3.63) is 70.3 Å². The first kappa shape index (κ1) is 19.3. The first-order chi connectivity index (χ1) is 14.4. The highest BCUT2D eigenvalue weighted by Gasteiger charge is 2.17. The average Bonchev–Trinajstić information content (AvgIpc) is 3.12. The number of benzene rings is 3. The number of nitrogens with zero attached hydrogens (tertiary/aromatic N) is 2. The summed E-state index contributed by atoms with van der Waals surface area (Å²) in [7, 11) is 0. The Labute approximate surface area is 172 Å². The van der Waals surface area contributed by atoms with Crippen molar-refractivity contribution in [1.82, 2.24) is 4.98 Å². The zero-order chi connectivity index (χ0) is 21.3. The number of hydrogen-bond acceptors (Lipinski definition) is 8. The first-order valence-corrected chi connectivity index (χ1v) is 9.46. The molecule has 150 valence electrons. The van der Waals surface area contributed by atoms with E-state index in [9.17, 15) is 24.8 Å². The highest BCUT2D eigenvalue weighted by atomic mass is 32.1. The number of ether oxygens (including phenoxy) is 1. The lowest BCUT2D eigenvalue weighted by Gasteiger charge is -2.07. The van der Waals surface area contributed by atoms with Crippen LogP contribution in [0.5, 0.6) is 5.75 Å². The topological polar surface area (TPSA) is 132 Å². The van der Waals surface area contributed by atoms with Gasteiger partial charge in [-0.3, -0.25) is 20.2 Å². The number of nitro groups is 1. The molecule has 0 atom stereocenters. The number of aromatic hydroxyl groups is 1. The Morgan fingerprint density at radius 3 is 2.60 bits per heavy atom. The van der Waals surface area contributed by atoms with E-state index in [1.165, 1.54) is 30.3 Å². The van der Waals surface area contributed by atoms with Crippen LogP contribution in [0.3, 0.4) is 0 Å². The lowest BCUT2D eigenvalue weighted by molar-refractivity contribution is -0.384. The van der Waals surface area contributed by atoms with E-state index in [1.54, 1.807) is 18.2 Å². The number of anilines is 1. The molecule has 9 nitrogen and oxygen atoms in total. The Morgan fingerprint density at radius 2 is 1.87 bits per heavy atom. The van der Waals surface area contributed by atoms with Gasteiger partial charge >= 0.3 is 5.97 Å². The lowest BCUT2D eigenvalue weighted by Crippen LogP contribution is -2.20. The second-order valence-corrected chi connectivity index (χ2v) is 7.30. The molecular formula is C20H13N3O6S. The summed E-state index contributed by atoms with van der Waals surface area (Å²) in [5.74, 6) is -1.71. The largest absolute Gasteiger partial charge is 0.507 e. The van der Waals surface area contributed by atoms with E-state index in [0.29, 0.717) is 10.2 Å². The summed E-state index contributed by atoms with van der Waals surface area (Å²) >= 11 is 1.06. The number of nitro benzene ring substituents is 1. The molecule has 2 N–H and O–H groups in total. The van der Waals surface area contributed by atoms with Gasteiger partial charge in [0.2, 0.25) is 0 Å². The van der Waals surface area contributed by atoms with Crippen LogP contribution in [0.15, 0.2) is 54.6 Å². The Bertz CT molecular complexity index is 1320. The van der Waals surface area contributed by atoms with E-state index >= 15 is 0 Å². The number of thiazole rings is 1. The third kappa shape index (κ3) is 3.89. The smallest absolute Gasteiger partial charge is 0.342 e. The van der Waals surface area contributed by atoms with Gasteiger partial charge in [0.05, 0.1) is 15.1 Å². The fraction of sp³-hybridized carbons (Fsp3) is 0.0500. The molecule has 0 unspecified atom stereocenters. The molecular weight excluding hydrogens is 410 g/mol. The summed E-state index contributed by atoms with van der Waals surface area (Å²) in [5.41, 5.74) is 0.376. The Hall–Kier alpha value is -4.05. The molecule has 0 saturated carbocycles. The third-order valence-corrected chi connectivity index (χ3v) is 5.18. The van der Waals surface area contributed by atoms with Crippen LogP contribution in [0, 0.1) is 10.1 Å². The van der Waals surface area contributed by atoms with Crippen LogP contribution >= 0.6 is 11.3 Å². The number of fused-ring (bicyclic) bond motifs is 2. The maximum Gasteiger partial charge on any atom is 0.342 e. The quantitative estimate of drug-likeness (QED) is 0.283. The van der Waals surface area contributed by atoms with Gasteiger partial charge in [0, 0.05) is 12.1 Å². The molecule has 0 saturated heterocycles. The number of phenolic OH excluding ortho intramolecular Hbond substituents is 1. The predicted molar refractivity (Wildman–Crippen MR) is 111 cm³/mol. The highest BCUT2D eigenvalue weighted by molar-refractivity contribution is 7.22. The zero-order valence-corrected chi connectivity index (χ0v) is 16.0. The molecule has 1 amide bonds. The van der Waals surface area contributed by atoms with Crippen LogP contribution in [0.25, 0.3) is 21.0 Å². The summed E-state index contributed by atoms with van der Waals surface area (Å²) in [4.78, 5) is 38.9. The van der Waals surface area contributed by atoms with Gasteiger partial charge in [0.15, 0.2) is 11.7 Å². The van der Waals surface area contributed by atoms with Gasteiger partial charge in [0.25, 0.3) is 11.6 Å². The SMILES string of the molecule is O=C(COC(=O)c1cc2ccccc2cc1O)Nc1nc2ccc([N+](=O)[O-])cc2s1. The molecule has 3 aromatic carbocycles. The van der Waals surface area contributed by atoms with Gasteiger partial charge in [-0.25, -0.2) is 9.78 Å². The van der Waals surface area contributed by atoms with Crippen molar-refractivity contribution < 1.29 is 24.4 Å². The van der Waals surface area contributed by atoms with E-state index in [1.807, 2.05) is 6.07 Å². The number of esters is 1. The molecule has 0 spiro atoms. The number of amides is 1. The van der Waals surface area contributed by atoms with E-state index in [-0.39, 0.29) is 22.1 Å². The van der Waals surface area contributed by atoms with Crippen molar-refractivity contribution in [2.24, 2.45) is 0 Å². The minimum Gasteiger partial charge on any atom is -0.507 e. The molecule has 1 aromatic heterocycles. The molecule has 0 aliphatic carbocycles. The molecule has 0 fully saturated rings. The average molecular weight is 423 g/mol. The second kappa shape index (κ2) is 7.76. The number of nitrogens with one attached hydrogen (secondary N) is 1. The molecule has 1 heterocycles. The molecule has 0 radical (unpaired) electrons. The second-order valence-electron chi connectivity index (χ2n) is 6.27. The maximum absolute atomic E-state index is 12.3. The number of carbonyl (C=O) groups is 2. The molecule has 30 heavy (non-hydrogen) atoms. The molecule has 4 rings (SSSR count). The summed E-state index contributed by atoms with van der Waals surface area (Å²) < 4.78 is 5.53. The minimum atomic E-state index is -0.840. The summed E-state index contributed by atoms with van der Waals surface area (Å²) in [6.45, 7) is -0.582. The van der Waals surface area contributed by atoms with E-state index in [4.69, 9.17) is 4.74 Å². The molecule has 0 aliphatic rings. The van der Waals surface area contributed by atoms with Gasteiger partial charge in [0.1, 0.15) is 11.3 Å². The zero-order valence-electron chi connectivity index (χ0n) is 15.2. The van der Waals surface area contributed by atoms with Crippen LogP contribution in [0.4, 0.5) is 10.8 Å². The number of phenols is 1. The fourth-order valence-electron chi connectivity index (χ4n) is 2.84. The number of non-ortho nitro benzene ring substituents is 1. The Morgan fingerprint density at radius 1 is 1.13 bits per heavy atom. The summed E-state index contributed by atoms with van der Waals surface area (Å²) in [5, 5.41) is 25.1. The van der Waals surface area contributed by atoms with Gasteiger partial charge in [-0.2, -0.15) is 0 Å². The van der Waals surface area contributed by atoms with Crippen molar-refractivity contribution in [1.29, 1.82) is 0 Å². The van der Waals surface area contributed by atoms with Gasteiger partial charge < -0.3 is 9.84 Å². The number of rotatable bonds is 5. The van der Waals surface area contributed by atoms with E-state index < -0.39 is 23.4 Å². The van der Waals surface area contributed by atoms with E-state index in [2.05, 4.69) is 10.3 Å². The number of hydrogen-bond donors (Lipinski definition) is 2. The van der Waals surface area contributed by atoms with Gasteiger partial charge in [-0.15, -0.1) is 0 Å². The molecule has 0 aliphatic heterocycles. The van der Waals surface area contributed by atoms with Crippen molar-refractivity contribution in [3.63, 3.8) is 0 Å².